The molecule has 0 spiro atoms. The molecule has 3 rings (SSSR count). The number of carbonyl (C=O) groups excluding carboxylic acids is 2. The van der Waals surface area contributed by atoms with E-state index in [1.54, 1.807) is 33.3 Å². The molecule has 1 aromatic rings. The number of carbonyl (C=O) groups is 2. The van der Waals surface area contributed by atoms with Gasteiger partial charge in [0, 0.05) is 44.8 Å². The zero-order chi connectivity index (χ0) is 34.7. The minimum Gasteiger partial charge on any atom is -0.466 e. The summed E-state index contributed by atoms with van der Waals surface area (Å²) >= 11 is 0. The van der Waals surface area contributed by atoms with Crippen LogP contribution in [0.25, 0.3) is 6.08 Å². The Morgan fingerprint density at radius 3 is 2.64 bits per heavy atom. The number of methoxy groups -OCH3 is 1. The van der Waals surface area contributed by atoms with E-state index in [1.165, 1.54) is 6.08 Å². The first-order valence-electron chi connectivity index (χ1n) is 16.5. The van der Waals surface area contributed by atoms with Gasteiger partial charge in [-0.3, -0.25) is 4.79 Å². The van der Waals surface area contributed by atoms with E-state index in [-0.39, 0.29) is 49.3 Å². The lowest BCUT2D eigenvalue weighted by Crippen LogP contribution is -2.41. The summed E-state index contributed by atoms with van der Waals surface area (Å²) in [5, 5.41) is 22.2. The van der Waals surface area contributed by atoms with E-state index in [2.05, 4.69) is 4.98 Å². The summed E-state index contributed by atoms with van der Waals surface area (Å²) in [5.41, 5.74) is 1.78. The van der Waals surface area contributed by atoms with Crippen molar-refractivity contribution in [1.29, 1.82) is 0 Å². The van der Waals surface area contributed by atoms with E-state index in [9.17, 15) is 19.8 Å². The minimum absolute atomic E-state index is 0.126. The third-order valence-electron chi connectivity index (χ3n) is 9.03. The van der Waals surface area contributed by atoms with E-state index >= 15 is 0 Å². The zero-order valence-corrected chi connectivity index (χ0v) is 29.0. The Kier molecular flexibility index (Phi) is 14.4. The Balaban J connectivity index is 1.82. The number of oxazole rings is 1. The average molecular weight is 656 g/mol. The number of epoxide rings is 1. The molecular weight excluding hydrogens is 602 g/mol. The van der Waals surface area contributed by atoms with E-state index in [4.69, 9.17) is 23.4 Å². The largest absolute Gasteiger partial charge is 0.466 e. The number of ether oxygens (including phenoxy) is 4. The van der Waals surface area contributed by atoms with Crippen molar-refractivity contribution in [2.45, 2.75) is 110 Å². The van der Waals surface area contributed by atoms with Crippen molar-refractivity contribution in [2.75, 3.05) is 13.7 Å². The fraction of sp³-hybridized carbons (Fsp3) is 0.595. The van der Waals surface area contributed by atoms with Crippen LogP contribution in [0, 0.1) is 24.7 Å². The normalized spacial score (nSPS) is 30.9. The third-order valence-corrected chi connectivity index (χ3v) is 9.03. The van der Waals surface area contributed by atoms with Gasteiger partial charge in [-0.2, -0.15) is 0 Å². The number of aliphatic hydroxyl groups is 2. The summed E-state index contributed by atoms with van der Waals surface area (Å²) in [4.78, 5) is 29.7. The molecule has 10 nitrogen and oxygen atoms in total. The summed E-state index contributed by atoms with van der Waals surface area (Å²) in [7, 11) is 1.61. The van der Waals surface area contributed by atoms with Crippen molar-refractivity contribution in [2.24, 2.45) is 17.8 Å². The van der Waals surface area contributed by atoms with Gasteiger partial charge in [0.1, 0.15) is 29.8 Å². The highest BCUT2D eigenvalue weighted by Crippen LogP contribution is 2.43. The molecule has 1 aromatic heterocycles. The number of hydrogen-bond donors (Lipinski definition) is 2. The number of aromatic nitrogens is 1. The number of rotatable bonds is 10. The van der Waals surface area contributed by atoms with Gasteiger partial charge in [0.25, 0.3) is 0 Å². The van der Waals surface area contributed by atoms with Crippen LogP contribution in [0.3, 0.4) is 0 Å². The molecule has 2 aliphatic heterocycles. The molecule has 3 heterocycles. The first-order valence-corrected chi connectivity index (χ1v) is 16.5. The molecule has 9 atom stereocenters. The van der Waals surface area contributed by atoms with Crippen LogP contribution in [0.1, 0.15) is 78.8 Å². The number of hydrogen-bond acceptors (Lipinski definition) is 10. The van der Waals surface area contributed by atoms with E-state index in [0.717, 1.165) is 16.8 Å². The lowest BCUT2D eigenvalue weighted by molar-refractivity contribution is -0.150. The molecule has 0 radical (unpaired) electrons. The summed E-state index contributed by atoms with van der Waals surface area (Å²) in [6.45, 7) is 13.4. The molecule has 260 valence electrons. The fourth-order valence-electron chi connectivity index (χ4n) is 5.97. The molecule has 1 saturated heterocycles. The Morgan fingerprint density at radius 1 is 1.23 bits per heavy atom. The van der Waals surface area contributed by atoms with E-state index in [1.807, 2.05) is 71.1 Å². The Hall–Kier alpha value is -3.31. The van der Waals surface area contributed by atoms with E-state index < -0.39 is 36.0 Å². The maximum atomic E-state index is 13.1. The quantitative estimate of drug-likeness (QED) is 0.137. The summed E-state index contributed by atoms with van der Waals surface area (Å²) in [6.07, 6.45) is 14.0. The Labute approximate surface area is 279 Å². The zero-order valence-electron chi connectivity index (χ0n) is 29.0. The minimum atomic E-state index is -0.932. The molecule has 1 fully saturated rings. The van der Waals surface area contributed by atoms with Gasteiger partial charge in [-0.25, -0.2) is 9.78 Å². The van der Waals surface area contributed by atoms with Crippen molar-refractivity contribution in [3.63, 3.8) is 0 Å². The van der Waals surface area contributed by atoms with Crippen molar-refractivity contribution in [3.05, 3.63) is 71.5 Å². The van der Waals surface area contributed by atoms with Gasteiger partial charge in [-0.05, 0) is 63.7 Å². The van der Waals surface area contributed by atoms with Crippen LogP contribution in [-0.4, -0.2) is 77.0 Å². The standard InChI is InChI=1S/C37H53NO9/c1-9-44-35(42)20-28-14-11-15-34(41)46-31(21-32(40)37(7)33(47-37)17-16-24(3)30(39)19-28)26(5)36(43-8)25(4)13-10-12-23(2)18-29-22-45-27(6)38-29/h10-13,15-18,22,24,26,28,30-33,36,39-40H,9,14,19-21H2,1-8H3. The maximum absolute atomic E-state index is 13.1. The highest BCUT2D eigenvalue weighted by atomic mass is 16.6. The fourth-order valence-corrected chi connectivity index (χ4v) is 5.97. The second-order valence-corrected chi connectivity index (χ2v) is 13.0. The van der Waals surface area contributed by atoms with Gasteiger partial charge in [0.15, 0.2) is 5.89 Å². The second kappa shape index (κ2) is 17.7. The number of aliphatic hydroxyl groups excluding tert-OH is 2. The number of aryl methyl sites for hydroxylation is 1. The van der Waals surface area contributed by atoms with E-state index in [0.29, 0.717) is 18.7 Å². The first kappa shape index (κ1) is 38.1. The molecule has 0 aliphatic carbocycles. The van der Waals surface area contributed by atoms with Gasteiger partial charge in [-0.15, -0.1) is 0 Å². The highest BCUT2D eigenvalue weighted by Gasteiger charge is 2.57. The second-order valence-electron chi connectivity index (χ2n) is 13.0. The molecule has 0 saturated carbocycles. The Morgan fingerprint density at radius 2 is 1.98 bits per heavy atom. The van der Waals surface area contributed by atoms with Crippen LogP contribution in [0.2, 0.25) is 0 Å². The summed E-state index contributed by atoms with van der Waals surface area (Å²) in [6, 6.07) is 0. The van der Waals surface area contributed by atoms with Crippen LogP contribution < -0.4 is 0 Å². The SMILES string of the molecule is CCOC(=O)CC1CC=CC(=O)OC(C(C)C(OC)C(C)=CC=CC(C)=Cc2coc(C)n2)CC(O)C2(C)OC2C=CC(C)C(O)C1. The molecule has 2 aliphatic rings. The molecule has 47 heavy (non-hydrogen) atoms. The average Bonchev–Trinajstić information content (AvgIpc) is 3.51. The van der Waals surface area contributed by atoms with Crippen LogP contribution >= 0.6 is 0 Å². The van der Waals surface area contributed by atoms with Gasteiger partial charge in [0.2, 0.25) is 0 Å². The van der Waals surface area contributed by atoms with Crippen LogP contribution in [-0.2, 0) is 28.5 Å². The van der Waals surface area contributed by atoms with Crippen molar-refractivity contribution < 1.29 is 43.2 Å². The molecule has 2 N–H and O–H groups in total. The molecule has 10 heteroatoms. The van der Waals surface area contributed by atoms with Crippen LogP contribution in [0.15, 0.2) is 64.4 Å². The van der Waals surface area contributed by atoms with Gasteiger partial charge in [-0.1, -0.05) is 50.3 Å². The molecular formula is C37H53NO9. The summed E-state index contributed by atoms with van der Waals surface area (Å²) < 4.78 is 28.2. The number of allylic oxidation sites excluding steroid dienone is 5. The Bertz CT molecular complexity index is 1340. The summed E-state index contributed by atoms with van der Waals surface area (Å²) in [5.74, 6) is -1.07. The molecule has 9 unspecified atom stereocenters. The maximum Gasteiger partial charge on any atom is 0.330 e. The predicted octanol–water partition coefficient (Wildman–Crippen LogP) is 5.83. The number of cyclic esters (lactones) is 1. The van der Waals surface area contributed by atoms with Crippen LogP contribution in [0.4, 0.5) is 0 Å². The molecule has 0 amide bonds. The van der Waals surface area contributed by atoms with Crippen molar-refractivity contribution in [1.82, 2.24) is 4.98 Å². The monoisotopic (exact) mass is 655 g/mol. The smallest absolute Gasteiger partial charge is 0.330 e. The van der Waals surface area contributed by atoms with Gasteiger partial charge < -0.3 is 33.6 Å². The number of esters is 2. The van der Waals surface area contributed by atoms with Crippen LogP contribution in [0.5, 0.6) is 0 Å². The number of fused-ring (bicyclic) bond motifs is 1. The topological polar surface area (TPSA) is 141 Å². The highest BCUT2D eigenvalue weighted by molar-refractivity contribution is 5.82. The third kappa shape index (κ3) is 11.4. The predicted molar refractivity (Wildman–Crippen MR) is 179 cm³/mol. The molecule has 0 bridgehead atoms. The molecule has 0 aromatic carbocycles. The lowest BCUT2D eigenvalue weighted by Gasteiger charge is -2.32. The first-order chi connectivity index (χ1) is 22.3. The number of nitrogens with zero attached hydrogens (tertiary/aromatic N) is 1. The van der Waals surface area contributed by atoms with Gasteiger partial charge >= 0.3 is 11.9 Å². The van der Waals surface area contributed by atoms with Crippen molar-refractivity contribution >= 4 is 18.0 Å². The lowest BCUT2D eigenvalue weighted by atomic mass is 9.85. The van der Waals surface area contributed by atoms with Crippen molar-refractivity contribution in [3.8, 4) is 0 Å². The van der Waals surface area contributed by atoms with Gasteiger partial charge in [0.05, 0.1) is 24.9 Å².